The van der Waals surface area contributed by atoms with Crippen LogP contribution in [-0.2, 0) is 24.7 Å². The zero-order chi connectivity index (χ0) is 82.4. The molecule has 12 aromatic rings. The first kappa shape index (κ1) is 85.6. The van der Waals surface area contributed by atoms with Crippen molar-refractivity contribution in [3.63, 3.8) is 0 Å². The van der Waals surface area contributed by atoms with Crippen LogP contribution in [0.3, 0.4) is 0 Å². The van der Waals surface area contributed by atoms with Crippen LogP contribution in [0, 0.1) is 23.7 Å². The van der Waals surface area contributed by atoms with Crippen LogP contribution in [0.15, 0.2) is 146 Å². The van der Waals surface area contributed by atoms with E-state index in [-0.39, 0.29) is 23.7 Å². The summed E-state index contributed by atoms with van der Waals surface area (Å²) in [5.74, 6) is 7.67. The van der Waals surface area contributed by atoms with Crippen LogP contribution in [0.5, 0.6) is 0 Å². The number of aromatic amines is 4. The maximum absolute atomic E-state index is 13.0. The summed E-state index contributed by atoms with van der Waals surface area (Å²) in [7, 11) is 0. The highest BCUT2D eigenvalue weighted by atomic mass is 35.5. The van der Waals surface area contributed by atoms with Crippen LogP contribution >= 0.6 is 46.4 Å². The van der Waals surface area contributed by atoms with E-state index in [1.54, 1.807) is 24.3 Å². The van der Waals surface area contributed by atoms with E-state index in [4.69, 9.17) is 66.3 Å². The Hall–Kier alpha value is -8.32. The number of H-pyrrole nitrogens is 4. The number of halogens is 16. The largest absolute Gasteiger partial charge is 0.433 e. The lowest BCUT2D eigenvalue weighted by Gasteiger charge is -2.33. The smallest absolute Gasteiger partial charge is 0.342 e. The lowest BCUT2D eigenvalue weighted by molar-refractivity contribution is -0.142. The van der Waals surface area contributed by atoms with Gasteiger partial charge in [-0.1, -0.05) is 74.1 Å². The molecule has 0 amide bonds. The molecule has 0 spiro atoms. The van der Waals surface area contributed by atoms with Crippen molar-refractivity contribution in [2.75, 3.05) is 0 Å². The van der Waals surface area contributed by atoms with E-state index in [1.165, 1.54) is 49.1 Å². The fourth-order valence-corrected chi connectivity index (χ4v) is 19.2. The van der Waals surface area contributed by atoms with Crippen molar-refractivity contribution in [2.45, 2.75) is 228 Å². The molecular formula is C88H92Cl4F12N12. The normalized spacial score (nSPS) is 21.4. The van der Waals surface area contributed by atoms with Gasteiger partial charge in [0.05, 0.1) is 44.1 Å². The van der Waals surface area contributed by atoms with Gasteiger partial charge in [-0.15, -0.1) is 0 Å². The molecule has 0 bridgehead atoms. The van der Waals surface area contributed by atoms with E-state index in [9.17, 15) is 52.7 Å². The maximum Gasteiger partial charge on any atom is 0.433 e. The van der Waals surface area contributed by atoms with Gasteiger partial charge in [-0.2, -0.15) is 52.7 Å². The SMILES string of the molecule is CC[C@@H](c1nc2ccc(Cl)cc2[nH]1)C1CCC(c2ccnc(C(F)(F)F)c2)CC1.CC[C@@H](c1nc2ccc(Cl)cc2[nH]1)C1CCC(c2ccnc(C(F)(F)F)c2)CC1.CC[C@H](c1nc2ccc(Cl)cc2[nH]1)C1CCC(c2ccnc(C(F)(F)F)c2)CC1.CC[C@H](c1nc2ccc(Cl)cc2[nH]1)C1CCC(c2ccnc(C(F)(F)F)c2)CC1. The quantitative estimate of drug-likeness (QED) is 0.0694. The molecule has 12 nitrogen and oxygen atoms in total. The van der Waals surface area contributed by atoms with Crippen LogP contribution in [0.2, 0.25) is 20.1 Å². The van der Waals surface area contributed by atoms with Gasteiger partial charge in [0.2, 0.25) is 0 Å². The molecule has 28 heteroatoms. The number of hydrogen-bond donors (Lipinski definition) is 4. The number of fused-ring (bicyclic) bond motifs is 4. The molecule has 8 heterocycles. The van der Waals surface area contributed by atoms with E-state index >= 15 is 0 Å². The topological polar surface area (TPSA) is 166 Å². The number of aromatic nitrogens is 12. The zero-order valence-corrected chi connectivity index (χ0v) is 67.6. The van der Waals surface area contributed by atoms with Crippen molar-refractivity contribution < 1.29 is 52.7 Å². The number of hydrogen-bond acceptors (Lipinski definition) is 8. The Kier molecular flexibility index (Phi) is 27.2. The van der Waals surface area contributed by atoms with Gasteiger partial charge in [-0.3, -0.25) is 19.9 Å². The van der Waals surface area contributed by atoms with Crippen LogP contribution in [-0.4, -0.2) is 59.8 Å². The molecule has 116 heavy (non-hydrogen) atoms. The van der Waals surface area contributed by atoms with E-state index in [0.29, 0.717) is 67.4 Å². The van der Waals surface area contributed by atoms with Crippen molar-refractivity contribution in [1.29, 1.82) is 0 Å². The summed E-state index contributed by atoms with van der Waals surface area (Å²) < 4.78 is 156. The Morgan fingerprint density at radius 1 is 0.284 bits per heavy atom. The summed E-state index contributed by atoms with van der Waals surface area (Å²) >= 11 is 24.3. The summed E-state index contributed by atoms with van der Waals surface area (Å²) in [5, 5.41) is 2.71. The van der Waals surface area contributed by atoms with Gasteiger partial charge in [0, 0.05) is 68.5 Å². The number of benzene rings is 4. The van der Waals surface area contributed by atoms with Crippen molar-refractivity contribution in [2.24, 2.45) is 23.7 Å². The predicted octanol–water partition coefficient (Wildman–Crippen LogP) is 28.4. The van der Waals surface area contributed by atoms with Gasteiger partial charge in [0.15, 0.2) is 0 Å². The van der Waals surface area contributed by atoms with Crippen molar-refractivity contribution in [3.05, 3.63) is 235 Å². The van der Waals surface area contributed by atoms with Gasteiger partial charge in [-0.05, 0) is 319 Å². The molecule has 4 aromatic carbocycles. The van der Waals surface area contributed by atoms with E-state index in [1.807, 2.05) is 72.8 Å². The van der Waals surface area contributed by atoms with Crippen LogP contribution in [0.4, 0.5) is 52.7 Å². The van der Waals surface area contributed by atoms with Gasteiger partial charge in [0.1, 0.15) is 46.1 Å². The zero-order valence-electron chi connectivity index (χ0n) is 64.6. The second-order valence-corrected chi connectivity index (χ2v) is 33.3. The molecule has 4 saturated carbocycles. The highest BCUT2D eigenvalue weighted by molar-refractivity contribution is 6.32. The molecule has 4 aliphatic carbocycles. The minimum absolute atomic E-state index is 0.155. The minimum Gasteiger partial charge on any atom is -0.342 e. The number of rotatable bonds is 16. The Balaban J connectivity index is 0.000000135. The average molecular weight is 1690 g/mol. The van der Waals surface area contributed by atoms with Gasteiger partial charge in [-0.25, -0.2) is 19.9 Å². The lowest BCUT2D eigenvalue weighted by Crippen LogP contribution is -2.21. The summed E-state index contributed by atoms with van der Waals surface area (Å²) in [6.07, 6.45) is 6.27. The molecule has 0 saturated heterocycles. The first-order chi connectivity index (χ1) is 55.4. The maximum atomic E-state index is 13.0. The third-order valence-electron chi connectivity index (χ3n) is 24.6. The number of nitrogens with one attached hydrogen (secondary N) is 4. The van der Waals surface area contributed by atoms with E-state index in [0.717, 1.165) is 218 Å². The summed E-state index contributed by atoms with van der Waals surface area (Å²) in [6, 6.07) is 34.3. The summed E-state index contributed by atoms with van der Waals surface area (Å²) in [5.41, 5.74) is 7.19. The van der Waals surface area contributed by atoms with Crippen LogP contribution in [0.25, 0.3) is 44.1 Å². The van der Waals surface area contributed by atoms with Crippen LogP contribution in [0.1, 0.15) is 272 Å². The first-order valence-electron chi connectivity index (χ1n) is 40.1. The highest BCUT2D eigenvalue weighted by Crippen LogP contribution is 2.49. The van der Waals surface area contributed by atoms with Crippen LogP contribution < -0.4 is 0 Å². The molecular weight excluding hydrogens is 1590 g/mol. The Bertz CT molecular complexity index is 4610. The monoisotopic (exact) mass is 1680 g/mol. The fourth-order valence-electron chi connectivity index (χ4n) is 18.6. The number of alkyl halides is 12. The number of nitrogens with zero attached hydrogens (tertiary/aromatic N) is 8. The Labute approximate surface area is 685 Å². The average Bonchev–Trinajstić information content (AvgIpc) is 1.73. The van der Waals surface area contributed by atoms with Crippen molar-refractivity contribution in [3.8, 4) is 0 Å². The molecule has 0 unspecified atom stereocenters. The highest BCUT2D eigenvalue weighted by Gasteiger charge is 2.40. The molecule has 4 fully saturated rings. The lowest BCUT2D eigenvalue weighted by atomic mass is 9.73. The molecule has 0 radical (unpaired) electrons. The van der Waals surface area contributed by atoms with E-state index < -0.39 is 47.5 Å². The fraction of sp³-hybridized carbons (Fsp3) is 0.455. The second kappa shape index (κ2) is 36.9. The molecule has 16 rings (SSSR count). The van der Waals surface area contributed by atoms with Gasteiger partial charge in [0.25, 0.3) is 0 Å². The molecule has 4 aliphatic rings. The molecule has 4 N–H and O–H groups in total. The molecule has 616 valence electrons. The molecule has 0 aliphatic heterocycles. The van der Waals surface area contributed by atoms with Gasteiger partial charge < -0.3 is 19.9 Å². The van der Waals surface area contributed by atoms with E-state index in [2.05, 4.69) is 67.6 Å². The predicted molar refractivity (Wildman–Crippen MR) is 432 cm³/mol. The van der Waals surface area contributed by atoms with Gasteiger partial charge >= 0.3 is 24.7 Å². The standard InChI is InChI=1S/4C22H23ClF3N3/c4*1-2-17(21-28-18-8-7-16(23)12-19(18)29-21)14-5-3-13(4-6-14)15-9-10-27-20(11-15)22(24,25)26/h4*7-14,17H,2-6H2,1H3,(H,28,29)/t4*13?,14?,17-/m1100/s1. The third-order valence-corrected chi connectivity index (χ3v) is 25.5. The Morgan fingerprint density at radius 2 is 0.474 bits per heavy atom. The molecule has 8 aromatic heterocycles. The number of pyridine rings is 4. The second-order valence-electron chi connectivity index (χ2n) is 31.5. The summed E-state index contributed by atoms with van der Waals surface area (Å²) in [4.78, 5) is 46.7. The minimum atomic E-state index is -4.40. The Morgan fingerprint density at radius 3 is 0.647 bits per heavy atom. The number of imidazole rings is 4. The van der Waals surface area contributed by atoms with Crippen molar-refractivity contribution in [1.82, 2.24) is 59.8 Å². The molecule has 4 atom stereocenters. The first-order valence-corrected chi connectivity index (χ1v) is 41.6. The third kappa shape index (κ3) is 20.8. The van der Waals surface area contributed by atoms with Crippen molar-refractivity contribution >= 4 is 90.5 Å². The summed E-state index contributed by atoms with van der Waals surface area (Å²) in [6.45, 7) is 8.65.